The van der Waals surface area contributed by atoms with Gasteiger partial charge in [-0.2, -0.15) is 13.2 Å². The summed E-state index contributed by atoms with van der Waals surface area (Å²) >= 11 is 0. The molecule has 0 radical (unpaired) electrons. The van der Waals surface area contributed by atoms with Crippen LogP contribution >= 0.6 is 0 Å². The van der Waals surface area contributed by atoms with Gasteiger partial charge in [0.15, 0.2) is 0 Å². The second kappa shape index (κ2) is 8.49. The van der Waals surface area contributed by atoms with Gasteiger partial charge in [-0.3, -0.25) is 4.79 Å². The molecule has 8 heteroatoms. The van der Waals surface area contributed by atoms with E-state index in [4.69, 9.17) is 4.74 Å². The number of hydrogen-bond acceptors (Lipinski definition) is 3. The van der Waals surface area contributed by atoms with Gasteiger partial charge in [-0.15, -0.1) is 0 Å². The monoisotopic (exact) mass is 436 g/mol. The third-order valence-electron chi connectivity index (χ3n) is 6.26. The average Bonchev–Trinajstić information content (AvgIpc) is 2.79. The van der Waals surface area contributed by atoms with E-state index >= 15 is 0 Å². The smallest absolute Gasteiger partial charge is 0.381 e. The van der Waals surface area contributed by atoms with E-state index in [0.717, 1.165) is 17.7 Å². The van der Waals surface area contributed by atoms with Gasteiger partial charge in [-0.05, 0) is 48.7 Å². The molecule has 0 N–H and O–H groups in total. The van der Waals surface area contributed by atoms with E-state index in [2.05, 4.69) is 0 Å². The molecule has 2 aromatic carbocycles. The van der Waals surface area contributed by atoms with Crippen LogP contribution in [0.5, 0.6) is 0 Å². The summed E-state index contributed by atoms with van der Waals surface area (Å²) < 4.78 is 58.0. The number of benzene rings is 2. The molecule has 2 saturated heterocycles. The lowest BCUT2D eigenvalue weighted by Crippen LogP contribution is -2.56. The molecule has 31 heavy (non-hydrogen) atoms. The number of carbonyl (C=O) groups excluding carboxylic acids is 1. The molecule has 0 atom stereocenters. The molecule has 0 aliphatic carbocycles. The average molecular weight is 436 g/mol. The quantitative estimate of drug-likeness (QED) is 0.675. The first kappa shape index (κ1) is 21.6. The van der Waals surface area contributed by atoms with Crippen LogP contribution in [-0.4, -0.2) is 50.2 Å². The Kier molecular flexibility index (Phi) is 5.92. The van der Waals surface area contributed by atoms with Gasteiger partial charge in [0, 0.05) is 45.1 Å². The molecule has 0 aromatic heterocycles. The molecular weight excluding hydrogens is 412 g/mol. The van der Waals surface area contributed by atoms with Crippen LogP contribution in [0.25, 0.3) is 0 Å². The van der Waals surface area contributed by atoms with Crippen LogP contribution in [0, 0.1) is 5.82 Å². The maximum atomic E-state index is 13.6. The van der Waals surface area contributed by atoms with Crippen molar-refractivity contribution >= 4 is 11.6 Å². The van der Waals surface area contributed by atoms with Crippen molar-refractivity contribution in [2.24, 2.45) is 0 Å². The minimum absolute atomic E-state index is 0.0221. The Hall–Kier alpha value is -2.61. The van der Waals surface area contributed by atoms with Crippen molar-refractivity contribution in [2.75, 3.05) is 44.3 Å². The van der Waals surface area contributed by atoms with Crippen LogP contribution < -0.4 is 4.90 Å². The Morgan fingerprint density at radius 1 is 0.935 bits per heavy atom. The van der Waals surface area contributed by atoms with Crippen molar-refractivity contribution in [3.05, 3.63) is 65.5 Å². The number of nitrogens with zero attached hydrogens (tertiary/aromatic N) is 2. The van der Waals surface area contributed by atoms with Crippen molar-refractivity contribution in [3.8, 4) is 0 Å². The van der Waals surface area contributed by atoms with Crippen molar-refractivity contribution in [1.82, 2.24) is 4.90 Å². The first-order valence-corrected chi connectivity index (χ1v) is 10.3. The highest BCUT2D eigenvalue weighted by Gasteiger charge is 2.44. The number of halogens is 4. The normalized spacial score (nSPS) is 19.4. The summed E-state index contributed by atoms with van der Waals surface area (Å²) in [6, 6.07) is 11.3. The molecule has 0 bridgehead atoms. The van der Waals surface area contributed by atoms with Crippen LogP contribution in [0.1, 0.15) is 24.0 Å². The lowest BCUT2D eigenvalue weighted by Gasteiger charge is -2.43. The predicted octanol–water partition coefficient (Wildman–Crippen LogP) is 4.24. The summed E-state index contributed by atoms with van der Waals surface area (Å²) in [4.78, 5) is 17.2. The topological polar surface area (TPSA) is 32.8 Å². The Morgan fingerprint density at radius 3 is 2.19 bits per heavy atom. The fraction of sp³-hybridized carbons (Fsp3) is 0.435. The van der Waals surface area contributed by atoms with Gasteiger partial charge in [-0.1, -0.05) is 18.2 Å². The van der Waals surface area contributed by atoms with E-state index in [1.165, 1.54) is 18.2 Å². The Bertz CT molecular complexity index is 916. The van der Waals surface area contributed by atoms with Gasteiger partial charge >= 0.3 is 6.18 Å². The number of rotatable bonds is 3. The van der Waals surface area contributed by atoms with Crippen molar-refractivity contribution in [3.63, 3.8) is 0 Å². The van der Waals surface area contributed by atoms with E-state index in [-0.39, 0.29) is 11.7 Å². The summed E-state index contributed by atoms with van der Waals surface area (Å²) in [5.74, 6) is -0.376. The lowest BCUT2D eigenvalue weighted by molar-refractivity contribution is -0.141. The first-order valence-electron chi connectivity index (χ1n) is 10.3. The molecule has 1 amide bonds. The molecule has 0 saturated carbocycles. The van der Waals surface area contributed by atoms with Crippen LogP contribution in [0.2, 0.25) is 0 Å². The SMILES string of the molecule is O=C(N1CCN(c2cccc(C(F)(F)F)c2)CC1)C1(c2ccc(F)cc2)CCOCC1. The molecule has 4 nitrogen and oxygen atoms in total. The fourth-order valence-electron chi connectivity index (χ4n) is 4.46. The number of anilines is 1. The second-order valence-corrected chi connectivity index (χ2v) is 8.03. The lowest BCUT2D eigenvalue weighted by atomic mass is 9.73. The van der Waals surface area contributed by atoms with Gasteiger partial charge in [0.2, 0.25) is 5.91 Å². The number of ether oxygens (including phenoxy) is 1. The Labute approximate surface area is 178 Å². The largest absolute Gasteiger partial charge is 0.416 e. The van der Waals surface area contributed by atoms with E-state index in [1.807, 2.05) is 4.90 Å². The van der Waals surface area contributed by atoms with Gasteiger partial charge in [-0.25, -0.2) is 4.39 Å². The molecule has 2 heterocycles. The molecule has 2 aliphatic rings. The Balaban J connectivity index is 1.50. The number of piperazine rings is 1. The van der Waals surface area contributed by atoms with Gasteiger partial charge in [0.25, 0.3) is 0 Å². The summed E-state index contributed by atoms with van der Waals surface area (Å²) in [6.07, 6.45) is -3.35. The highest BCUT2D eigenvalue weighted by atomic mass is 19.4. The summed E-state index contributed by atoms with van der Waals surface area (Å²) in [5, 5.41) is 0. The first-order chi connectivity index (χ1) is 14.8. The minimum atomic E-state index is -4.39. The maximum absolute atomic E-state index is 13.6. The van der Waals surface area contributed by atoms with Crippen LogP contribution in [0.3, 0.4) is 0 Å². The number of amides is 1. The minimum Gasteiger partial charge on any atom is -0.381 e. The van der Waals surface area contributed by atoms with Gasteiger partial charge < -0.3 is 14.5 Å². The summed E-state index contributed by atoms with van der Waals surface area (Å²) in [5.41, 5.74) is -0.158. The van der Waals surface area contributed by atoms with Crippen molar-refractivity contribution in [2.45, 2.75) is 24.4 Å². The van der Waals surface area contributed by atoms with Crippen LogP contribution in [0.4, 0.5) is 23.2 Å². The molecule has 0 spiro atoms. The van der Waals surface area contributed by atoms with Gasteiger partial charge in [0.1, 0.15) is 5.82 Å². The highest BCUT2D eigenvalue weighted by Crippen LogP contribution is 2.38. The van der Waals surface area contributed by atoms with Crippen molar-refractivity contribution in [1.29, 1.82) is 0 Å². The van der Waals surface area contributed by atoms with Crippen LogP contribution in [0.15, 0.2) is 48.5 Å². The fourth-order valence-corrected chi connectivity index (χ4v) is 4.46. The molecule has 2 aromatic rings. The van der Waals surface area contributed by atoms with E-state index < -0.39 is 17.2 Å². The Morgan fingerprint density at radius 2 is 1.58 bits per heavy atom. The third-order valence-corrected chi connectivity index (χ3v) is 6.26. The zero-order chi connectivity index (χ0) is 22.1. The maximum Gasteiger partial charge on any atom is 0.416 e. The third kappa shape index (κ3) is 4.39. The molecular formula is C23H24F4N2O2. The molecule has 4 rings (SSSR count). The predicted molar refractivity (Wildman–Crippen MR) is 108 cm³/mol. The zero-order valence-corrected chi connectivity index (χ0v) is 17.0. The molecule has 2 aliphatic heterocycles. The summed E-state index contributed by atoms with van der Waals surface area (Å²) in [6.45, 7) is 2.63. The zero-order valence-electron chi connectivity index (χ0n) is 17.0. The standard InChI is InChI=1S/C23H24F4N2O2/c24-19-6-4-17(5-7-19)22(8-14-31-15-9-22)21(30)29-12-10-28(11-13-29)20-3-1-2-18(16-20)23(25,26)27/h1-7,16H,8-15H2. The number of carbonyl (C=O) groups is 1. The molecule has 2 fully saturated rings. The second-order valence-electron chi connectivity index (χ2n) is 8.03. The molecule has 0 unspecified atom stereocenters. The van der Waals surface area contributed by atoms with E-state index in [0.29, 0.717) is 57.9 Å². The number of alkyl halides is 3. The van der Waals surface area contributed by atoms with E-state index in [1.54, 1.807) is 23.1 Å². The summed E-state index contributed by atoms with van der Waals surface area (Å²) in [7, 11) is 0. The molecule has 166 valence electrons. The van der Waals surface area contributed by atoms with Gasteiger partial charge in [0.05, 0.1) is 11.0 Å². The highest BCUT2D eigenvalue weighted by molar-refractivity contribution is 5.88. The van der Waals surface area contributed by atoms with E-state index in [9.17, 15) is 22.4 Å². The van der Waals surface area contributed by atoms with Crippen LogP contribution in [-0.2, 0) is 21.1 Å². The van der Waals surface area contributed by atoms with Crippen molar-refractivity contribution < 1.29 is 27.1 Å². The number of hydrogen-bond donors (Lipinski definition) is 0.